The summed E-state index contributed by atoms with van der Waals surface area (Å²) in [6.07, 6.45) is 1.54. The minimum atomic E-state index is -1.08. The van der Waals surface area contributed by atoms with Gasteiger partial charge in [-0.15, -0.1) is 17.5 Å². The first-order chi connectivity index (χ1) is 5.98. The molecule has 1 aromatic rings. The molecule has 0 saturated carbocycles. The van der Waals surface area contributed by atoms with E-state index in [4.69, 9.17) is 10.8 Å². The summed E-state index contributed by atoms with van der Waals surface area (Å²) in [6.45, 7) is 3.35. The third kappa shape index (κ3) is 2.21. The average Bonchev–Trinajstić information content (AvgIpc) is 2.51. The van der Waals surface area contributed by atoms with E-state index in [1.807, 2.05) is 0 Å². The zero-order chi connectivity index (χ0) is 10.1. The molecule has 0 spiro atoms. The Kier molecular flexibility index (Phi) is 4.03. The molecule has 80 valence electrons. The van der Waals surface area contributed by atoms with Gasteiger partial charge < -0.3 is 10.8 Å². The Morgan fingerprint density at radius 2 is 2.29 bits per heavy atom. The number of halogens is 1. The molecule has 1 aromatic heterocycles. The van der Waals surface area contributed by atoms with Crippen molar-refractivity contribution in [3.05, 3.63) is 11.9 Å². The van der Waals surface area contributed by atoms with Gasteiger partial charge in [-0.2, -0.15) is 0 Å². The first-order valence-electron chi connectivity index (χ1n) is 3.83. The normalized spacial score (nSPS) is 10.8. The van der Waals surface area contributed by atoms with Crippen molar-refractivity contribution >= 4 is 18.4 Å². The maximum atomic E-state index is 10.8. The minimum absolute atomic E-state index is 0. The second-order valence-electron chi connectivity index (χ2n) is 3.22. The summed E-state index contributed by atoms with van der Waals surface area (Å²) in [4.78, 5) is 10.8. The van der Waals surface area contributed by atoms with Crippen LogP contribution in [0.2, 0.25) is 0 Å². The molecule has 0 amide bonds. The lowest BCUT2D eigenvalue weighted by molar-refractivity contribution is -0.146. The van der Waals surface area contributed by atoms with E-state index in [-0.39, 0.29) is 19.0 Å². The second kappa shape index (κ2) is 4.39. The van der Waals surface area contributed by atoms with E-state index in [0.29, 0.717) is 5.69 Å². The van der Waals surface area contributed by atoms with Crippen LogP contribution in [-0.2, 0) is 16.9 Å². The van der Waals surface area contributed by atoms with Gasteiger partial charge in [-0.25, -0.2) is 9.48 Å². The Bertz CT molecular complexity index is 323. The van der Waals surface area contributed by atoms with Crippen LogP contribution in [0, 0.1) is 0 Å². The predicted molar refractivity (Wildman–Crippen MR) is 52.1 cm³/mol. The molecule has 0 bridgehead atoms. The molecule has 14 heavy (non-hydrogen) atoms. The van der Waals surface area contributed by atoms with Gasteiger partial charge in [0.2, 0.25) is 0 Å². The Labute approximate surface area is 87.5 Å². The van der Waals surface area contributed by atoms with Crippen LogP contribution in [0.1, 0.15) is 19.5 Å². The van der Waals surface area contributed by atoms with E-state index >= 15 is 0 Å². The summed E-state index contributed by atoms with van der Waals surface area (Å²) in [7, 11) is 0. The molecule has 0 radical (unpaired) electrons. The van der Waals surface area contributed by atoms with Crippen molar-refractivity contribution in [1.29, 1.82) is 0 Å². The van der Waals surface area contributed by atoms with Gasteiger partial charge >= 0.3 is 5.97 Å². The minimum Gasteiger partial charge on any atom is -0.479 e. The fourth-order valence-corrected chi connectivity index (χ4v) is 0.763. The van der Waals surface area contributed by atoms with Gasteiger partial charge in [-0.3, -0.25) is 0 Å². The van der Waals surface area contributed by atoms with Crippen molar-refractivity contribution in [2.24, 2.45) is 5.73 Å². The van der Waals surface area contributed by atoms with Crippen LogP contribution in [0.4, 0.5) is 0 Å². The molecule has 0 saturated heterocycles. The highest BCUT2D eigenvalue weighted by Crippen LogP contribution is 2.13. The van der Waals surface area contributed by atoms with E-state index < -0.39 is 11.5 Å². The lowest BCUT2D eigenvalue weighted by atomic mass is 10.1. The summed E-state index contributed by atoms with van der Waals surface area (Å²) in [6, 6.07) is 0. The molecule has 0 atom stereocenters. The molecule has 0 aromatic carbocycles. The predicted octanol–water partition coefficient (Wildman–Crippen LogP) is -0.0217. The number of hydrogen-bond donors (Lipinski definition) is 2. The summed E-state index contributed by atoms with van der Waals surface area (Å²) < 4.78 is 1.29. The van der Waals surface area contributed by atoms with Crippen LogP contribution in [0.15, 0.2) is 6.20 Å². The smallest absolute Gasteiger partial charge is 0.331 e. The highest BCUT2D eigenvalue weighted by atomic mass is 35.5. The zero-order valence-electron chi connectivity index (χ0n) is 7.97. The van der Waals surface area contributed by atoms with Crippen molar-refractivity contribution in [3.8, 4) is 0 Å². The number of carbonyl (C=O) groups is 1. The van der Waals surface area contributed by atoms with Gasteiger partial charge in [0, 0.05) is 6.54 Å². The molecule has 0 aliphatic rings. The second-order valence-corrected chi connectivity index (χ2v) is 3.22. The number of carboxylic acid groups (broad SMARTS) is 1. The van der Waals surface area contributed by atoms with E-state index in [2.05, 4.69) is 10.3 Å². The van der Waals surface area contributed by atoms with Gasteiger partial charge in [0.1, 0.15) is 0 Å². The molecule has 7 heteroatoms. The van der Waals surface area contributed by atoms with Crippen molar-refractivity contribution in [2.75, 3.05) is 0 Å². The molecular formula is C7H13ClN4O2. The lowest BCUT2D eigenvalue weighted by Gasteiger charge is -2.18. The molecule has 0 aliphatic carbocycles. The maximum Gasteiger partial charge on any atom is 0.331 e. The number of nitrogens with zero attached hydrogens (tertiary/aromatic N) is 3. The van der Waals surface area contributed by atoms with Gasteiger partial charge in [0.05, 0.1) is 11.9 Å². The number of hydrogen-bond acceptors (Lipinski definition) is 4. The van der Waals surface area contributed by atoms with E-state index in [9.17, 15) is 4.79 Å². The van der Waals surface area contributed by atoms with Gasteiger partial charge in [0.25, 0.3) is 0 Å². The van der Waals surface area contributed by atoms with E-state index in [0.717, 1.165) is 0 Å². The fourth-order valence-electron chi connectivity index (χ4n) is 0.763. The molecule has 1 rings (SSSR count). The molecule has 3 N–H and O–H groups in total. The largest absolute Gasteiger partial charge is 0.479 e. The van der Waals surface area contributed by atoms with Gasteiger partial charge in [-0.1, -0.05) is 5.21 Å². The van der Waals surface area contributed by atoms with Gasteiger partial charge in [-0.05, 0) is 13.8 Å². The van der Waals surface area contributed by atoms with Crippen LogP contribution in [0.25, 0.3) is 0 Å². The molecule has 0 fully saturated rings. The molecule has 6 nitrogen and oxygen atoms in total. The summed E-state index contributed by atoms with van der Waals surface area (Å²) >= 11 is 0. The number of aliphatic carboxylic acids is 1. The van der Waals surface area contributed by atoms with Crippen LogP contribution in [-0.4, -0.2) is 26.1 Å². The number of aromatic nitrogens is 3. The number of nitrogens with two attached hydrogens (primary N) is 1. The Morgan fingerprint density at radius 1 is 1.71 bits per heavy atom. The average molecular weight is 221 g/mol. The summed E-state index contributed by atoms with van der Waals surface area (Å²) in [5.41, 5.74) is 4.81. The first kappa shape index (κ1) is 12.9. The highest BCUT2D eigenvalue weighted by Gasteiger charge is 2.30. The van der Waals surface area contributed by atoms with Crippen LogP contribution in [0.5, 0.6) is 0 Å². The lowest BCUT2D eigenvalue weighted by Crippen LogP contribution is -2.36. The fraction of sp³-hybridized carbons (Fsp3) is 0.571. The standard InChI is InChI=1S/C7H12N4O2.ClH/c1-7(2,6(12)13)11-4-5(3-8)9-10-11;/h4H,3,8H2,1-2H3,(H,12,13);1H. The molecule has 0 unspecified atom stereocenters. The number of rotatable bonds is 3. The Morgan fingerprint density at radius 3 is 2.64 bits per heavy atom. The van der Waals surface area contributed by atoms with Crippen molar-refractivity contribution in [1.82, 2.24) is 15.0 Å². The maximum absolute atomic E-state index is 10.8. The highest BCUT2D eigenvalue weighted by molar-refractivity contribution is 5.85. The third-order valence-electron chi connectivity index (χ3n) is 1.85. The van der Waals surface area contributed by atoms with Crippen LogP contribution in [0.3, 0.4) is 0 Å². The van der Waals surface area contributed by atoms with Crippen LogP contribution < -0.4 is 5.73 Å². The van der Waals surface area contributed by atoms with Crippen molar-refractivity contribution in [2.45, 2.75) is 25.9 Å². The monoisotopic (exact) mass is 220 g/mol. The SMILES string of the molecule is CC(C)(C(=O)O)n1cc(CN)nn1.Cl. The van der Waals surface area contributed by atoms with E-state index in [1.165, 1.54) is 10.9 Å². The third-order valence-corrected chi connectivity index (χ3v) is 1.85. The van der Waals surface area contributed by atoms with Gasteiger partial charge in [0.15, 0.2) is 5.54 Å². The number of carboxylic acids is 1. The Hall–Kier alpha value is -1.14. The zero-order valence-corrected chi connectivity index (χ0v) is 8.78. The molecule has 0 aliphatic heterocycles. The van der Waals surface area contributed by atoms with Crippen molar-refractivity contribution in [3.63, 3.8) is 0 Å². The quantitative estimate of drug-likeness (QED) is 0.747. The Balaban J connectivity index is 0.00000169. The summed E-state index contributed by atoms with van der Waals surface area (Å²) in [5, 5.41) is 16.3. The molecule has 1 heterocycles. The summed E-state index contributed by atoms with van der Waals surface area (Å²) in [5.74, 6) is -0.957. The van der Waals surface area contributed by atoms with E-state index in [1.54, 1.807) is 13.8 Å². The van der Waals surface area contributed by atoms with Crippen LogP contribution >= 0.6 is 12.4 Å². The first-order valence-corrected chi connectivity index (χ1v) is 3.83. The molecular weight excluding hydrogens is 208 g/mol. The van der Waals surface area contributed by atoms with Crippen molar-refractivity contribution < 1.29 is 9.90 Å². The topological polar surface area (TPSA) is 94.0 Å².